The molecule has 0 aromatic heterocycles. The maximum absolute atomic E-state index is 2.01. The van der Waals surface area contributed by atoms with E-state index >= 15 is 0 Å². The first kappa shape index (κ1) is 16.1. The van der Waals surface area contributed by atoms with Crippen LogP contribution in [0.5, 0.6) is 0 Å². The molecule has 0 saturated carbocycles. The maximum atomic E-state index is 2.01. The van der Waals surface area contributed by atoms with Gasteiger partial charge in [0.2, 0.25) is 0 Å². The summed E-state index contributed by atoms with van der Waals surface area (Å²) in [4.78, 5) is 0. The van der Waals surface area contributed by atoms with Crippen LogP contribution in [0.15, 0.2) is 0 Å². The van der Waals surface area contributed by atoms with E-state index in [0.717, 1.165) is 0 Å². The van der Waals surface area contributed by atoms with Crippen molar-refractivity contribution in [3.63, 3.8) is 0 Å². The van der Waals surface area contributed by atoms with Crippen molar-refractivity contribution in [1.82, 2.24) is 0 Å². The Kier molecular flexibility index (Phi) is 42.3. The molecule has 0 aromatic carbocycles. The molecule has 28 valence electrons. The van der Waals surface area contributed by atoms with Gasteiger partial charge in [0.05, 0.1) is 0 Å². The van der Waals surface area contributed by atoms with Gasteiger partial charge in [-0.15, -0.1) is 0 Å². The molecule has 0 nitrogen and oxygen atoms in total. The molecule has 0 aliphatic carbocycles. The summed E-state index contributed by atoms with van der Waals surface area (Å²) in [5.41, 5.74) is 0. The molecule has 0 aromatic rings. The molecule has 6 heteroatoms. The Morgan fingerprint density at radius 2 is 1.00 bits per heavy atom. The standard InChI is InChI=1S/2Li.2Mo.S2.2H/c;;;;1-2;;/q;;2*+1;-2;;. The Labute approximate surface area is 90.1 Å². The van der Waals surface area contributed by atoms with Gasteiger partial charge in [0.1, 0.15) is 0 Å². The number of rotatable bonds is 1. The van der Waals surface area contributed by atoms with Gasteiger partial charge in [-0.3, -0.25) is 0 Å². The molecule has 0 N–H and O–H groups in total. The van der Waals surface area contributed by atoms with E-state index in [0.29, 0.717) is 0 Å². The van der Waals surface area contributed by atoms with E-state index in [1.54, 1.807) is 17.0 Å². The normalized spacial score (nSPS) is 4.67. The van der Waals surface area contributed by atoms with Crippen molar-refractivity contribution in [2.75, 3.05) is 0 Å². The van der Waals surface area contributed by atoms with Crippen molar-refractivity contribution in [3.05, 3.63) is 0 Å². The molecule has 0 fully saturated rings. The van der Waals surface area contributed by atoms with Gasteiger partial charge in [-0.2, -0.15) is 0 Å². The molecule has 0 spiro atoms. The summed E-state index contributed by atoms with van der Waals surface area (Å²) in [5.74, 6) is 0. The summed E-state index contributed by atoms with van der Waals surface area (Å²) in [5, 5.41) is 0. The topological polar surface area (TPSA) is 0 Å². The van der Waals surface area contributed by atoms with Crippen molar-refractivity contribution in [1.29, 1.82) is 0 Å². The average Bonchev–Trinajstić information content (AvgIpc) is 1.37. The Balaban J connectivity index is -0.0000000450. The summed E-state index contributed by atoms with van der Waals surface area (Å²) in [6.07, 6.45) is 0. The molecule has 6 heavy (non-hydrogen) atoms. The molecule has 0 heterocycles. The third-order valence-electron chi connectivity index (χ3n) is 0.0278. The zero-order valence-corrected chi connectivity index (χ0v) is 7.28. The zero-order valence-electron chi connectivity index (χ0n) is 1.63. The van der Waals surface area contributed by atoms with Crippen LogP contribution in [0.4, 0.5) is 0 Å². The van der Waals surface area contributed by atoms with E-state index in [-0.39, 0.29) is 37.7 Å². The van der Waals surface area contributed by atoms with Gasteiger partial charge in [-0.25, -0.2) is 0 Å². The van der Waals surface area contributed by atoms with Crippen LogP contribution in [0, 0.1) is 0 Å². The Morgan fingerprint density at radius 3 is 1.00 bits per heavy atom. The van der Waals surface area contributed by atoms with Crippen LogP contribution in [0.2, 0.25) is 0 Å². The van der Waals surface area contributed by atoms with Gasteiger partial charge in [0.25, 0.3) is 0 Å². The zero-order chi connectivity index (χ0) is 3.41. The average molecular weight is 272 g/mol. The number of hydrogen-bond donors (Lipinski definition) is 0. The van der Waals surface area contributed by atoms with Crippen molar-refractivity contribution in [2.45, 2.75) is 0 Å². The van der Waals surface area contributed by atoms with Crippen LogP contribution in [-0.4, -0.2) is 37.7 Å². The second-order valence-corrected chi connectivity index (χ2v) is 7.25. The summed E-state index contributed by atoms with van der Waals surface area (Å²) in [6, 6.07) is 0. The van der Waals surface area contributed by atoms with Crippen LogP contribution in [0.3, 0.4) is 0 Å². The van der Waals surface area contributed by atoms with E-state index in [2.05, 4.69) is 0 Å². The molecular weight excluding hydrogens is 270 g/mol. The molecule has 0 radical (unpaired) electrons. The van der Waals surface area contributed by atoms with Gasteiger partial charge < -0.3 is 0 Å². The van der Waals surface area contributed by atoms with E-state index in [9.17, 15) is 0 Å². The fourth-order valence-corrected chi connectivity index (χ4v) is 0. The first-order valence-corrected chi connectivity index (χ1v) is 7.42. The molecule has 0 saturated heterocycles. The van der Waals surface area contributed by atoms with Crippen molar-refractivity contribution in [3.8, 4) is 0 Å². The minimum absolute atomic E-state index is 0. The molecule has 0 aliphatic rings. The third-order valence-corrected chi connectivity index (χ3v) is 8.75. The summed E-state index contributed by atoms with van der Waals surface area (Å²) < 4.78 is 0. The Morgan fingerprint density at radius 1 is 0.833 bits per heavy atom. The van der Waals surface area contributed by atoms with Crippen LogP contribution < -0.4 is 0 Å². The van der Waals surface area contributed by atoms with E-state index in [1.165, 1.54) is 0 Å². The molecule has 0 rings (SSSR count). The van der Waals surface area contributed by atoms with Crippen LogP contribution in [-0.2, 0) is 37.1 Å². The van der Waals surface area contributed by atoms with Crippen molar-refractivity contribution >= 4 is 54.7 Å². The van der Waals surface area contributed by atoms with Crippen molar-refractivity contribution in [2.24, 2.45) is 0 Å². The fourth-order valence-electron chi connectivity index (χ4n) is 0. The number of hydrogen-bond acceptors (Lipinski definition) is 2. The predicted octanol–water partition coefficient (Wildman–Crippen LogP) is -0.00560. The molecule has 0 amide bonds. The fraction of sp³-hybridized carbons (Fsp3) is 0. The van der Waals surface area contributed by atoms with E-state index < -0.39 is 0 Å². The molecular formula is H2Li2Mo2S2. The van der Waals surface area contributed by atoms with Crippen LogP contribution >= 0.6 is 17.0 Å². The van der Waals surface area contributed by atoms with Crippen LogP contribution in [0.25, 0.3) is 0 Å². The Bertz CT molecular complexity index is 11.5. The van der Waals surface area contributed by atoms with Gasteiger partial charge in [0, 0.05) is 0 Å². The molecule has 0 atom stereocenters. The predicted molar refractivity (Wildman–Crippen MR) is 29.5 cm³/mol. The second kappa shape index (κ2) is 15.7. The molecule has 0 aliphatic heterocycles. The summed E-state index contributed by atoms with van der Waals surface area (Å²) >= 11 is 4.01. The SMILES string of the molecule is [LiH].[LiH].[Mo][S][S][Mo]. The summed E-state index contributed by atoms with van der Waals surface area (Å²) in [6.45, 7) is 0. The first-order chi connectivity index (χ1) is 1.91. The monoisotopic (exact) mass is 276 g/mol. The summed E-state index contributed by atoms with van der Waals surface area (Å²) in [7, 11) is 3.58. The van der Waals surface area contributed by atoms with E-state index in [1.807, 2.05) is 37.1 Å². The first-order valence-electron chi connectivity index (χ1n) is 0.500. The molecule has 0 bridgehead atoms. The second-order valence-electron chi connectivity index (χ2n) is 0.136. The van der Waals surface area contributed by atoms with E-state index in [4.69, 9.17) is 0 Å². The molecule has 0 unspecified atom stereocenters. The van der Waals surface area contributed by atoms with Gasteiger partial charge in [-0.05, 0) is 0 Å². The van der Waals surface area contributed by atoms with Gasteiger partial charge in [0.15, 0.2) is 0 Å². The minimum atomic E-state index is 0. The van der Waals surface area contributed by atoms with Gasteiger partial charge >= 0.3 is 91.8 Å². The Hall–Kier alpha value is 3.27. The van der Waals surface area contributed by atoms with Crippen molar-refractivity contribution < 1.29 is 37.1 Å². The van der Waals surface area contributed by atoms with Crippen LogP contribution in [0.1, 0.15) is 0 Å². The van der Waals surface area contributed by atoms with Gasteiger partial charge in [-0.1, -0.05) is 0 Å². The third kappa shape index (κ3) is 15.7. The quantitative estimate of drug-likeness (QED) is 0.486.